The predicted octanol–water partition coefficient (Wildman–Crippen LogP) is 2.95. The summed E-state index contributed by atoms with van der Waals surface area (Å²) >= 11 is 0. The summed E-state index contributed by atoms with van der Waals surface area (Å²) in [6, 6.07) is 3.93. The van der Waals surface area contributed by atoms with Crippen LogP contribution in [0.3, 0.4) is 0 Å². The lowest BCUT2D eigenvalue weighted by Crippen LogP contribution is -2.13. The van der Waals surface area contributed by atoms with Crippen LogP contribution in [0.25, 0.3) is 5.65 Å². The van der Waals surface area contributed by atoms with Crippen LogP contribution in [0.2, 0.25) is 0 Å². The molecular formula is C13H18N2O. The van der Waals surface area contributed by atoms with Crippen LogP contribution >= 0.6 is 0 Å². The molecule has 0 fully saturated rings. The van der Waals surface area contributed by atoms with E-state index in [1.165, 1.54) is 5.69 Å². The Hall–Kier alpha value is -1.51. The van der Waals surface area contributed by atoms with E-state index in [0.29, 0.717) is 0 Å². The van der Waals surface area contributed by atoms with E-state index in [1.807, 2.05) is 18.3 Å². The van der Waals surface area contributed by atoms with Crippen molar-refractivity contribution in [1.82, 2.24) is 9.38 Å². The zero-order valence-corrected chi connectivity index (χ0v) is 10.5. The quantitative estimate of drug-likeness (QED) is 0.735. The van der Waals surface area contributed by atoms with Crippen LogP contribution in [-0.4, -0.2) is 16.5 Å². The van der Waals surface area contributed by atoms with Gasteiger partial charge in [0.1, 0.15) is 11.4 Å². The first-order valence-electron chi connectivity index (χ1n) is 5.46. The van der Waals surface area contributed by atoms with Gasteiger partial charge in [-0.2, -0.15) is 0 Å². The Labute approximate surface area is 96.1 Å². The molecule has 0 unspecified atom stereocenters. The van der Waals surface area contributed by atoms with Crippen molar-refractivity contribution in [3.8, 4) is 5.75 Å². The summed E-state index contributed by atoms with van der Waals surface area (Å²) in [5.74, 6) is 0.855. The molecule has 0 amide bonds. The third-order valence-electron chi connectivity index (χ3n) is 2.78. The van der Waals surface area contributed by atoms with Crippen LogP contribution in [0.1, 0.15) is 32.2 Å². The van der Waals surface area contributed by atoms with E-state index >= 15 is 0 Å². The first-order chi connectivity index (χ1) is 7.43. The minimum Gasteiger partial charge on any atom is -0.495 e. The smallest absolute Gasteiger partial charge is 0.137 e. The molecule has 16 heavy (non-hydrogen) atoms. The molecule has 0 aromatic carbocycles. The number of imidazole rings is 1. The number of aromatic nitrogens is 2. The van der Waals surface area contributed by atoms with Crippen molar-refractivity contribution in [3.05, 3.63) is 29.7 Å². The molecule has 3 heteroatoms. The fourth-order valence-electron chi connectivity index (χ4n) is 1.97. The molecule has 2 rings (SSSR count). The second kappa shape index (κ2) is 3.51. The van der Waals surface area contributed by atoms with Crippen molar-refractivity contribution in [2.45, 2.75) is 33.1 Å². The number of ether oxygens (including phenoxy) is 1. The SMILES string of the molecule is COc1ccc2nc(C(C)(C)C)c(C)n2c1. The van der Waals surface area contributed by atoms with Crippen LogP contribution in [0, 0.1) is 6.92 Å². The van der Waals surface area contributed by atoms with E-state index in [-0.39, 0.29) is 5.41 Å². The minimum atomic E-state index is 0.0728. The summed E-state index contributed by atoms with van der Waals surface area (Å²) in [5, 5.41) is 0. The van der Waals surface area contributed by atoms with Crippen molar-refractivity contribution >= 4 is 5.65 Å². The number of pyridine rings is 1. The van der Waals surface area contributed by atoms with E-state index in [2.05, 4.69) is 37.1 Å². The van der Waals surface area contributed by atoms with Crippen LogP contribution in [-0.2, 0) is 5.41 Å². The van der Waals surface area contributed by atoms with E-state index in [4.69, 9.17) is 4.74 Å². The second-order valence-electron chi connectivity index (χ2n) is 5.09. The first kappa shape index (κ1) is 11.0. The lowest BCUT2D eigenvalue weighted by molar-refractivity contribution is 0.412. The van der Waals surface area contributed by atoms with Crippen molar-refractivity contribution in [2.75, 3.05) is 7.11 Å². The van der Waals surface area contributed by atoms with Gasteiger partial charge in [-0.15, -0.1) is 0 Å². The summed E-state index contributed by atoms with van der Waals surface area (Å²) in [7, 11) is 1.68. The Kier molecular flexibility index (Phi) is 2.41. The highest BCUT2D eigenvalue weighted by molar-refractivity contribution is 5.47. The maximum Gasteiger partial charge on any atom is 0.137 e. The third kappa shape index (κ3) is 1.66. The van der Waals surface area contributed by atoms with Crippen molar-refractivity contribution in [1.29, 1.82) is 0 Å². The Morgan fingerprint density at radius 2 is 1.94 bits per heavy atom. The van der Waals surface area contributed by atoms with Crippen molar-refractivity contribution < 1.29 is 4.74 Å². The number of aryl methyl sites for hydroxylation is 1. The molecule has 86 valence electrons. The van der Waals surface area contributed by atoms with Gasteiger partial charge in [0.25, 0.3) is 0 Å². The van der Waals surface area contributed by atoms with Gasteiger partial charge in [0, 0.05) is 11.1 Å². The Morgan fingerprint density at radius 3 is 2.50 bits per heavy atom. The third-order valence-corrected chi connectivity index (χ3v) is 2.78. The number of hydrogen-bond donors (Lipinski definition) is 0. The fourth-order valence-corrected chi connectivity index (χ4v) is 1.97. The molecule has 2 aromatic heterocycles. The summed E-state index contributed by atoms with van der Waals surface area (Å²) < 4.78 is 7.31. The molecule has 0 aliphatic carbocycles. The van der Waals surface area contributed by atoms with Crippen molar-refractivity contribution in [2.24, 2.45) is 0 Å². The minimum absolute atomic E-state index is 0.0728. The predicted molar refractivity (Wildman–Crippen MR) is 65.2 cm³/mol. The Bertz CT molecular complexity index is 520. The average molecular weight is 218 g/mol. The highest BCUT2D eigenvalue weighted by atomic mass is 16.5. The maximum atomic E-state index is 5.22. The van der Waals surface area contributed by atoms with E-state index < -0.39 is 0 Å². The lowest BCUT2D eigenvalue weighted by atomic mass is 9.91. The molecule has 0 aliphatic rings. The van der Waals surface area contributed by atoms with Gasteiger partial charge >= 0.3 is 0 Å². The maximum absolute atomic E-state index is 5.22. The van der Waals surface area contributed by atoms with Gasteiger partial charge in [0.05, 0.1) is 19.0 Å². The van der Waals surface area contributed by atoms with E-state index in [0.717, 1.165) is 17.1 Å². The van der Waals surface area contributed by atoms with Crippen LogP contribution in [0.4, 0.5) is 0 Å². The van der Waals surface area contributed by atoms with Gasteiger partial charge in [0.15, 0.2) is 0 Å². The first-order valence-corrected chi connectivity index (χ1v) is 5.46. The van der Waals surface area contributed by atoms with Crippen molar-refractivity contribution in [3.63, 3.8) is 0 Å². The lowest BCUT2D eigenvalue weighted by Gasteiger charge is -2.16. The van der Waals surface area contributed by atoms with Gasteiger partial charge in [-0.25, -0.2) is 4.98 Å². The van der Waals surface area contributed by atoms with Crippen LogP contribution in [0.15, 0.2) is 18.3 Å². The highest BCUT2D eigenvalue weighted by Crippen LogP contribution is 2.26. The average Bonchev–Trinajstić information content (AvgIpc) is 2.55. The monoisotopic (exact) mass is 218 g/mol. The summed E-state index contributed by atoms with van der Waals surface area (Å²) in [6.07, 6.45) is 1.98. The van der Waals surface area contributed by atoms with Gasteiger partial charge in [-0.05, 0) is 19.1 Å². The van der Waals surface area contributed by atoms with Gasteiger partial charge in [0.2, 0.25) is 0 Å². The number of fused-ring (bicyclic) bond motifs is 1. The summed E-state index contributed by atoms with van der Waals surface area (Å²) in [4.78, 5) is 4.67. The molecule has 0 saturated carbocycles. The second-order valence-corrected chi connectivity index (χ2v) is 5.09. The number of hydrogen-bond acceptors (Lipinski definition) is 2. The molecular weight excluding hydrogens is 200 g/mol. The summed E-state index contributed by atoms with van der Waals surface area (Å²) in [5.41, 5.74) is 3.37. The summed E-state index contributed by atoms with van der Waals surface area (Å²) in [6.45, 7) is 8.64. The molecule has 0 bridgehead atoms. The van der Waals surface area contributed by atoms with Crippen LogP contribution in [0.5, 0.6) is 5.75 Å². The molecule has 2 aromatic rings. The number of nitrogens with zero attached hydrogens (tertiary/aromatic N) is 2. The molecule has 3 nitrogen and oxygen atoms in total. The molecule has 0 saturated heterocycles. The zero-order valence-electron chi connectivity index (χ0n) is 10.5. The van der Waals surface area contributed by atoms with Crippen LogP contribution < -0.4 is 4.74 Å². The molecule has 2 heterocycles. The topological polar surface area (TPSA) is 26.5 Å². The largest absolute Gasteiger partial charge is 0.495 e. The zero-order chi connectivity index (χ0) is 11.9. The number of rotatable bonds is 1. The molecule has 0 spiro atoms. The van der Waals surface area contributed by atoms with Gasteiger partial charge < -0.3 is 9.14 Å². The fraction of sp³-hybridized carbons (Fsp3) is 0.462. The highest BCUT2D eigenvalue weighted by Gasteiger charge is 2.21. The van der Waals surface area contributed by atoms with Gasteiger partial charge in [-0.3, -0.25) is 0 Å². The normalized spacial score (nSPS) is 12.1. The Morgan fingerprint density at radius 1 is 1.25 bits per heavy atom. The number of methoxy groups -OCH3 is 1. The standard InChI is InChI=1S/C13H18N2O/c1-9-12(13(2,3)4)14-11-7-6-10(16-5)8-15(9)11/h6-8H,1-5H3. The molecule has 0 aliphatic heterocycles. The van der Waals surface area contributed by atoms with Gasteiger partial charge in [-0.1, -0.05) is 20.8 Å². The Balaban J connectivity index is 2.69. The van der Waals surface area contributed by atoms with E-state index in [1.54, 1.807) is 7.11 Å². The van der Waals surface area contributed by atoms with E-state index in [9.17, 15) is 0 Å². The molecule has 0 N–H and O–H groups in total. The molecule has 0 radical (unpaired) electrons. The molecule has 0 atom stereocenters.